The van der Waals surface area contributed by atoms with Crippen LogP contribution in [0.25, 0.3) is 0 Å². The minimum Gasteiger partial charge on any atom is -0.481 e. The van der Waals surface area contributed by atoms with Gasteiger partial charge < -0.3 is 10.4 Å². The molecule has 0 aliphatic heterocycles. The molecule has 3 heteroatoms. The quantitative estimate of drug-likeness (QED) is 0.327. The second-order valence-corrected chi connectivity index (χ2v) is 6.49. The Kier molecular flexibility index (Phi) is 18.0. The largest absolute Gasteiger partial charge is 0.481 e. The van der Waals surface area contributed by atoms with Gasteiger partial charge in [-0.1, -0.05) is 77.6 Å². The lowest BCUT2D eigenvalue weighted by molar-refractivity contribution is -0.137. The van der Waals surface area contributed by atoms with Crippen LogP contribution < -0.4 is 5.32 Å². The molecule has 0 heterocycles. The van der Waals surface area contributed by atoms with Gasteiger partial charge >= 0.3 is 5.97 Å². The van der Waals surface area contributed by atoms with E-state index in [0.717, 1.165) is 32.4 Å². The molecule has 2 N–H and O–H groups in total. The van der Waals surface area contributed by atoms with Crippen LogP contribution in [0.5, 0.6) is 0 Å². The Morgan fingerprint density at radius 1 is 0.682 bits per heavy atom. The van der Waals surface area contributed by atoms with Crippen molar-refractivity contribution in [3.63, 3.8) is 0 Å². The number of hydrogen-bond acceptors (Lipinski definition) is 2. The van der Waals surface area contributed by atoms with Crippen molar-refractivity contribution in [1.29, 1.82) is 0 Å². The third kappa shape index (κ3) is 19.4. The zero-order chi connectivity index (χ0) is 16.3. The lowest BCUT2D eigenvalue weighted by Gasteiger charge is -2.05. The molecular weight excluding hydrogens is 274 g/mol. The van der Waals surface area contributed by atoms with Gasteiger partial charge in [0.1, 0.15) is 0 Å². The summed E-state index contributed by atoms with van der Waals surface area (Å²) in [4.78, 5) is 10.3. The Bertz CT molecular complexity index is 231. The molecule has 0 rings (SSSR count). The molecule has 0 atom stereocenters. The van der Waals surface area contributed by atoms with Gasteiger partial charge in [0, 0.05) is 6.42 Å². The topological polar surface area (TPSA) is 49.3 Å². The second-order valence-electron chi connectivity index (χ2n) is 6.49. The Labute approximate surface area is 138 Å². The van der Waals surface area contributed by atoms with Crippen LogP contribution in [0.2, 0.25) is 0 Å². The Morgan fingerprint density at radius 3 is 1.55 bits per heavy atom. The van der Waals surface area contributed by atoms with Crippen LogP contribution in [0.15, 0.2) is 0 Å². The van der Waals surface area contributed by atoms with E-state index in [2.05, 4.69) is 12.2 Å². The molecule has 0 aliphatic rings. The van der Waals surface area contributed by atoms with Gasteiger partial charge in [0.25, 0.3) is 0 Å². The molecule has 0 spiro atoms. The molecular formula is C19H39NO2. The van der Waals surface area contributed by atoms with Crippen LogP contribution in [0.3, 0.4) is 0 Å². The summed E-state index contributed by atoms with van der Waals surface area (Å²) < 4.78 is 0. The lowest BCUT2D eigenvalue weighted by atomic mass is 10.1. The Morgan fingerprint density at radius 2 is 1.09 bits per heavy atom. The SMILES string of the molecule is CCCCCCCCCCCCNCCCCCCC(=O)O. The third-order valence-electron chi connectivity index (χ3n) is 4.20. The van der Waals surface area contributed by atoms with Crippen LogP contribution in [-0.4, -0.2) is 24.2 Å². The van der Waals surface area contributed by atoms with E-state index in [-0.39, 0.29) is 0 Å². The highest BCUT2D eigenvalue weighted by atomic mass is 16.4. The van der Waals surface area contributed by atoms with Crippen molar-refractivity contribution in [2.75, 3.05) is 13.1 Å². The molecule has 0 aromatic rings. The number of hydrogen-bond donors (Lipinski definition) is 2. The van der Waals surface area contributed by atoms with Crippen LogP contribution >= 0.6 is 0 Å². The van der Waals surface area contributed by atoms with Crippen molar-refractivity contribution in [1.82, 2.24) is 5.32 Å². The molecule has 0 saturated carbocycles. The van der Waals surface area contributed by atoms with Crippen LogP contribution in [-0.2, 0) is 4.79 Å². The minimum absolute atomic E-state index is 0.325. The van der Waals surface area contributed by atoms with Gasteiger partial charge in [-0.25, -0.2) is 0 Å². The van der Waals surface area contributed by atoms with Crippen LogP contribution in [0, 0.1) is 0 Å². The molecule has 0 aromatic heterocycles. The summed E-state index contributed by atoms with van der Waals surface area (Å²) >= 11 is 0. The summed E-state index contributed by atoms with van der Waals surface area (Å²) in [5, 5.41) is 12.0. The van der Waals surface area contributed by atoms with Gasteiger partial charge in [0.15, 0.2) is 0 Å². The van der Waals surface area contributed by atoms with Gasteiger partial charge in [-0.3, -0.25) is 4.79 Å². The number of nitrogens with one attached hydrogen (secondary N) is 1. The summed E-state index contributed by atoms with van der Waals surface area (Å²) in [5.41, 5.74) is 0. The lowest BCUT2D eigenvalue weighted by Crippen LogP contribution is -2.16. The third-order valence-corrected chi connectivity index (χ3v) is 4.20. The fourth-order valence-corrected chi connectivity index (χ4v) is 2.74. The first-order valence-corrected chi connectivity index (χ1v) is 9.70. The van der Waals surface area contributed by atoms with Gasteiger partial charge in [-0.2, -0.15) is 0 Å². The number of unbranched alkanes of at least 4 members (excludes halogenated alkanes) is 12. The molecule has 3 nitrogen and oxygen atoms in total. The number of carbonyl (C=O) groups is 1. The van der Waals surface area contributed by atoms with E-state index in [0.29, 0.717) is 6.42 Å². The van der Waals surface area contributed by atoms with Crippen LogP contribution in [0.1, 0.15) is 103 Å². The van der Waals surface area contributed by atoms with Gasteiger partial charge in [0.2, 0.25) is 0 Å². The first-order valence-electron chi connectivity index (χ1n) is 9.70. The molecule has 0 aliphatic carbocycles. The predicted octanol–water partition coefficient (Wildman–Crippen LogP) is 5.53. The van der Waals surface area contributed by atoms with E-state index in [1.807, 2.05) is 0 Å². The van der Waals surface area contributed by atoms with E-state index in [1.54, 1.807) is 0 Å². The van der Waals surface area contributed by atoms with E-state index in [1.165, 1.54) is 70.6 Å². The number of carboxylic acid groups (broad SMARTS) is 1. The van der Waals surface area contributed by atoms with Crippen molar-refractivity contribution < 1.29 is 9.90 Å². The summed E-state index contributed by atoms with van der Waals surface area (Å²) in [7, 11) is 0. The highest BCUT2D eigenvalue weighted by Crippen LogP contribution is 2.10. The van der Waals surface area contributed by atoms with E-state index in [4.69, 9.17) is 5.11 Å². The van der Waals surface area contributed by atoms with E-state index < -0.39 is 5.97 Å². The molecule has 0 amide bonds. The standard InChI is InChI=1S/C19H39NO2/c1-2-3-4-5-6-7-8-9-11-14-17-20-18-15-12-10-13-16-19(21)22/h20H,2-18H2,1H3,(H,21,22). The van der Waals surface area contributed by atoms with Crippen LogP contribution in [0.4, 0.5) is 0 Å². The summed E-state index contributed by atoms with van der Waals surface area (Å²) in [6.45, 7) is 4.50. The van der Waals surface area contributed by atoms with Crippen molar-refractivity contribution in [2.24, 2.45) is 0 Å². The second kappa shape index (κ2) is 18.5. The number of carboxylic acids is 1. The number of rotatable bonds is 18. The molecule has 132 valence electrons. The fourth-order valence-electron chi connectivity index (χ4n) is 2.74. The monoisotopic (exact) mass is 313 g/mol. The molecule has 0 fully saturated rings. The maximum Gasteiger partial charge on any atom is 0.303 e. The first kappa shape index (κ1) is 21.4. The van der Waals surface area contributed by atoms with Gasteiger partial charge in [-0.15, -0.1) is 0 Å². The smallest absolute Gasteiger partial charge is 0.303 e. The van der Waals surface area contributed by atoms with Gasteiger partial charge in [0.05, 0.1) is 0 Å². The van der Waals surface area contributed by atoms with Crippen molar-refractivity contribution in [2.45, 2.75) is 103 Å². The molecule has 22 heavy (non-hydrogen) atoms. The maximum atomic E-state index is 10.3. The van der Waals surface area contributed by atoms with Crippen molar-refractivity contribution >= 4 is 5.97 Å². The van der Waals surface area contributed by atoms with E-state index >= 15 is 0 Å². The molecule has 0 bridgehead atoms. The predicted molar refractivity (Wildman–Crippen MR) is 95.4 cm³/mol. The van der Waals surface area contributed by atoms with Crippen molar-refractivity contribution in [3.05, 3.63) is 0 Å². The summed E-state index contributed by atoms with van der Waals surface area (Å²) in [5.74, 6) is -0.668. The van der Waals surface area contributed by atoms with Crippen molar-refractivity contribution in [3.8, 4) is 0 Å². The summed E-state index contributed by atoms with van der Waals surface area (Å²) in [6.07, 6.45) is 18.5. The highest BCUT2D eigenvalue weighted by molar-refractivity contribution is 5.66. The zero-order valence-corrected chi connectivity index (χ0v) is 14.9. The Hall–Kier alpha value is -0.570. The maximum absolute atomic E-state index is 10.3. The average molecular weight is 314 g/mol. The summed E-state index contributed by atoms with van der Waals surface area (Å²) in [6, 6.07) is 0. The fraction of sp³-hybridized carbons (Fsp3) is 0.947. The normalized spacial score (nSPS) is 11.0. The molecule has 0 saturated heterocycles. The zero-order valence-electron chi connectivity index (χ0n) is 14.9. The van der Waals surface area contributed by atoms with E-state index in [9.17, 15) is 4.79 Å². The number of aliphatic carboxylic acids is 1. The first-order chi connectivity index (χ1) is 10.8. The highest BCUT2D eigenvalue weighted by Gasteiger charge is 1.96. The minimum atomic E-state index is -0.668. The molecule has 0 unspecified atom stereocenters. The Balaban J connectivity index is 2.95. The van der Waals surface area contributed by atoms with Gasteiger partial charge in [-0.05, 0) is 32.4 Å². The molecule has 0 aromatic carbocycles. The average Bonchev–Trinajstić information content (AvgIpc) is 2.50. The molecule has 0 radical (unpaired) electrons.